The van der Waals surface area contributed by atoms with Crippen molar-refractivity contribution in [2.45, 2.75) is 47.0 Å². The Balaban J connectivity index is 2.91. The molecule has 0 radical (unpaired) electrons. The molecular weight excluding hydrogens is 148 g/mol. The molecule has 0 aliphatic carbocycles. The molecule has 1 nitrogen and oxygen atoms in total. The second-order valence-corrected chi connectivity index (χ2v) is 4.36. The molecule has 0 aromatic carbocycles. The summed E-state index contributed by atoms with van der Waals surface area (Å²) in [4.78, 5) is 0. The molecule has 0 bridgehead atoms. The van der Waals surface area contributed by atoms with Crippen LogP contribution in [0.3, 0.4) is 0 Å². The fourth-order valence-electron chi connectivity index (χ4n) is 1.08. The molecule has 0 N–H and O–H groups in total. The lowest BCUT2D eigenvalue weighted by Gasteiger charge is -2.07. The lowest BCUT2D eigenvalue weighted by atomic mass is 10.1. The van der Waals surface area contributed by atoms with Crippen molar-refractivity contribution in [2.75, 3.05) is 13.2 Å². The summed E-state index contributed by atoms with van der Waals surface area (Å²) >= 11 is 0. The average Bonchev–Trinajstić information content (AvgIpc) is 1.95. The number of ether oxygens (including phenoxy) is 1. The zero-order valence-corrected chi connectivity index (χ0v) is 9.10. The standard InChI is InChI=1S/C11H24O/c1-10(2)7-5-6-8-12-9-11(3)4/h10-11H,5-9H2,1-4H3. The quantitative estimate of drug-likeness (QED) is 0.534. The topological polar surface area (TPSA) is 9.23 Å². The van der Waals surface area contributed by atoms with Crippen LogP contribution in [0.25, 0.3) is 0 Å². The van der Waals surface area contributed by atoms with E-state index in [1.54, 1.807) is 0 Å². The van der Waals surface area contributed by atoms with Crippen molar-refractivity contribution in [3.8, 4) is 0 Å². The fraction of sp³-hybridized carbons (Fsp3) is 1.00. The van der Waals surface area contributed by atoms with Gasteiger partial charge < -0.3 is 4.74 Å². The van der Waals surface area contributed by atoms with Gasteiger partial charge in [0.05, 0.1) is 0 Å². The predicted molar refractivity (Wildman–Crippen MR) is 54.3 cm³/mol. The Morgan fingerprint density at radius 3 is 2.08 bits per heavy atom. The van der Waals surface area contributed by atoms with E-state index in [-0.39, 0.29) is 0 Å². The van der Waals surface area contributed by atoms with Gasteiger partial charge in [-0.25, -0.2) is 0 Å². The van der Waals surface area contributed by atoms with E-state index in [1.165, 1.54) is 19.3 Å². The summed E-state index contributed by atoms with van der Waals surface area (Å²) in [6.45, 7) is 10.8. The second-order valence-electron chi connectivity index (χ2n) is 4.36. The van der Waals surface area contributed by atoms with Crippen LogP contribution in [0.2, 0.25) is 0 Å². The monoisotopic (exact) mass is 172 g/mol. The van der Waals surface area contributed by atoms with Gasteiger partial charge in [-0.15, -0.1) is 0 Å². The second kappa shape index (κ2) is 7.60. The van der Waals surface area contributed by atoms with E-state index >= 15 is 0 Å². The molecule has 74 valence electrons. The van der Waals surface area contributed by atoms with Crippen LogP contribution < -0.4 is 0 Å². The van der Waals surface area contributed by atoms with Crippen molar-refractivity contribution in [2.24, 2.45) is 11.8 Å². The lowest BCUT2D eigenvalue weighted by molar-refractivity contribution is 0.106. The van der Waals surface area contributed by atoms with E-state index in [2.05, 4.69) is 27.7 Å². The van der Waals surface area contributed by atoms with Gasteiger partial charge in [-0.05, 0) is 18.3 Å². The number of unbranched alkanes of at least 4 members (excludes halogenated alkanes) is 1. The van der Waals surface area contributed by atoms with Crippen molar-refractivity contribution >= 4 is 0 Å². The van der Waals surface area contributed by atoms with E-state index < -0.39 is 0 Å². The average molecular weight is 172 g/mol. The van der Waals surface area contributed by atoms with E-state index in [9.17, 15) is 0 Å². The molecule has 0 saturated heterocycles. The Labute approximate surface area is 77.5 Å². The maximum absolute atomic E-state index is 5.48. The largest absolute Gasteiger partial charge is 0.381 e. The van der Waals surface area contributed by atoms with Gasteiger partial charge in [0.15, 0.2) is 0 Å². The van der Waals surface area contributed by atoms with Crippen molar-refractivity contribution in [3.63, 3.8) is 0 Å². The molecule has 0 spiro atoms. The molecule has 0 amide bonds. The van der Waals surface area contributed by atoms with Gasteiger partial charge in [0.25, 0.3) is 0 Å². The number of rotatable bonds is 7. The Hall–Kier alpha value is -0.0400. The maximum atomic E-state index is 5.48. The molecule has 0 aromatic heterocycles. The smallest absolute Gasteiger partial charge is 0.0488 e. The predicted octanol–water partition coefficient (Wildman–Crippen LogP) is 3.49. The van der Waals surface area contributed by atoms with Crippen molar-refractivity contribution < 1.29 is 4.74 Å². The van der Waals surface area contributed by atoms with Crippen LogP contribution in [-0.2, 0) is 4.74 Å². The van der Waals surface area contributed by atoms with Crippen LogP contribution in [0.1, 0.15) is 47.0 Å². The first-order chi connectivity index (χ1) is 5.63. The summed E-state index contributed by atoms with van der Waals surface area (Å²) in [5.74, 6) is 1.52. The highest BCUT2D eigenvalue weighted by atomic mass is 16.5. The summed E-state index contributed by atoms with van der Waals surface area (Å²) in [5.41, 5.74) is 0. The van der Waals surface area contributed by atoms with E-state index in [1.807, 2.05) is 0 Å². The van der Waals surface area contributed by atoms with Gasteiger partial charge in [-0.1, -0.05) is 40.5 Å². The molecule has 0 aliphatic heterocycles. The SMILES string of the molecule is CC(C)CCCCOCC(C)C. The third-order valence-electron chi connectivity index (χ3n) is 1.77. The Morgan fingerprint density at radius 1 is 0.917 bits per heavy atom. The summed E-state index contributed by atoms with van der Waals surface area (Å²) < 4.78 is 5.48. The molecule has 0 fully saturated rings. The molecule has 1 heteroatoms. The minimum absolute atomic E-state index is 0.676. The molecule has 0 heterocycles. The fourth-order valence-corrected chi connectivity index (χ4v) is 1.08. The minimum atomic E-state index is 0.676. The zero-order chi connectivity index (χ0) is 9.40. The van der Waals surface area contributed by atoms with Crippen LogP contribution in [0, 0.1) is 11.8 Å². The van der Waals surface area contributed by atoms with Gasteiger partial charge in [0.2, 0.25) is 0 Å². The highest BCUT2D eigenvalue weighted by molar-refractivity contribution is 4.46. The Bertz CT molecular complexity index is 75.0. The molecule has 0 aliphatic rings. The van der Waals surface area contributed by atoms with Gasteiger partial charge in [-0.2, -0.15) is 0 Å². The molecular formula is C11H24O. The minimum Gasteiger partial charge on any atom is -0.381 e. The van der Waals surface area contributed by atoms with Crippen LogP contribution in [0.4, 0.5) is 0 Å². The lowest BCUT2D eigenvalue weighted by Crippen LogP contribution is -2.03. The third kappa shape index (κ3) is 9.96. The van der Waals surface area contributed by atoms with Crippen LogP contribution in [0.15, 0.2) is 0 Å². The Morgan fingerprint density at radius 2 is 1.58 bits per heavy atom. The normalized spacial score (nSPS) is 11.5. The van der Waals surface area contributed by atoms with E-state index in [0.717, 1.165) is 19.1 Å². The highest BCUT2D eigenvalue weighted by Crippen LogP contribution is 2.06. The molecule has 0 unspecified atom stereocenters. The van der Waals surface area contributed by atoms with Gasteiger partial charge >= 0.3 is 0 Å². The van der Waals surface area contributed by atoms with E-state index in [4.69, 9.17) is 4.74 Å². The van der Waals surface area contributed by atoms with Crippen LogP contribution >= 0.6 is 0 Å². The van der Waals surface area contributed by atoms with Crippen LogP contribution in [0.5, 0.6) is 0 Å². The first kappa shape index (κ1) is 12.0. The van der Waals surface area contributed by atoms with Gasteiger partial charge in [0.1, 0.15) is 0 Å². The molecule has 0 rings (SSSR count). The summed E-state index contributed by atoms with van der Waals surface area (Å²) in [6.07, 6.45) is 3.88. The summed E-state index contributed by atoms with van der Waals surface area (Å²) in [5, 5.41) is 0. The van der Waals surface area contributed by atoms with Gasteiger partial charge in [-0.3, -0.25) is 0 Å². The maximum Gasteiger partial charge on any atom is 0.0488 e. The van der Waals surface area contributed by atoms with Crippen molar-refractivity contribution in [1.82, 2.24) is 0 Å². The molecule has 0 saturated carbocycles. The first-order valence-electron chi connectivity index (χ1n) is 5.20. The zero-order valence-electron chi connectivity index (χ0n) is 9.10. The summed E-state index contributed by atoms with van der Waals surface area (Å²) in [6, 6.07) is 0. The third-order valence-corrected chi connectivity index (χ3v) is 1.77. The molecule has 0 atom stereocenters. The van der Waals surface area contributed by atoms with Crippen molar-refractivity contribution in [1.29, 1.82) is 0 Å². The van der Waals surface area contributed by atoms with Crippen LogP contribution in [-0.4, -0.2) is 13.2 Å². The summed E-state index contributed by atoms with van der Waals surface area (Å²) in [7, 11) is 0. The Kier molecular flexibility index (Phi) is 7.58. The first-order valence-corrected chi connectivity index (χ1v) is 5.20. The van der Waals surface area contributed by atoms with Crippen molar-refractivity contribution in [3.05, 3.63) is 0 Å². The number of hydrogen-bond acceptors (Lipinski definition) is 1. The van der Waals surface area contributed by atoms with E-state index in [0.29, 0.717) is 5.92 Å². The molecule has 0 aromatic rings. The highest BCUT2D eigenvalue weighted by Gasteiger charge is 1.95. The van der Waals surface area contributed by atoms with Gasteiger partial charge in [0, 0.05) is 13.2 Å². The molecule has 12 heavy (non-hydrogen) atoms. The number of hydrogen-bond donors (Lipinski definition) is 0.